The summed E-state index contributed by atoms with van der Waals surface area (Å²) in [7, 11) is 0. The molecule has 0 radical (unpaired) electrons. The van der Waals surface area contributed by atoms with Gasteiger partial charge in [-0.05, 0) is 38.8 Å². The first-order valence-corrected chi connectivity index (χ1v) is 7.46. The van der Waals surface area contributed by atoms with Crippen molar-refractivity contribution in [2.45, 2.75) is 46.6 Å². The van der Waals surface area contributed by atoms with Crippen molar-refractivity contribution in [2.24, 2.45) is 5.10 Å². The summed E-state index contributed by atoms with van der Waals surface area (Å²) < 4.78 is 1.61. The first kappa shape index (κ1) is 15.2. The Morgan fingerprint density at radius 1 is 1.33 bits per heavy atom. The lowest BCUT2D eigenvalue weighted by atomic mass is 10.2. The fourth-order valence-corrected chi connectivity index (χ4v) is 2.18. The predicted molar refractivity (Wildman–Crippen MR) is 87.9 cm³/mol. The van der Waals surface area contributed by atoms with Gasteiger partial charge in [-0.2, -0.15) is 5.10 Å². The van der Waals surface area contributed by atoms with Gasteiger partial charge in [0.05, 0.1) is 10.9 Å². The van der Waals surface area contributed by atoms with Crippen LogP contribution in [0.15, 0.2) is 34.2 Å². The zero-order chi connectivity index (χ0) is 15.2. The van der Waals surface area contributed by atoms with E-state index in [0.717, 1.165) is 25.0 Å². The van der Waals surface area contributed by atoms with Crippen LogP contribution in [0.1, 0.15) is 40.0 Å². The van der Waals surface area contributed by atoms with E-state index in [1.54, 1.807) is 10.6 Å². The Kier molecular flexibility index (Phi) is 5.09. The number of nitrogens with one attached hydrogen (secondary N) is 1. The minimum absolute atomic E-state index is 0.0352. The minimum Gasteiger partial charge on any atom is -0.277 e. The van der Waals surface area contributed by atoms with Gasteiger partial charge >= 0.3 is 0 Å². The summed E-state index contributed by atoms with van der Waals surface area (Å²) >= 11 is 0. The highest BCUT2D eigenvalue weighted by molar-refractivity contribution is 5.82. The van der Waals surface area contributed by atoms with E-state index in [1.165, 1.54) is 0 Å². The van der Waals surface area contributed by atoms with Gasteiger partial charge in [0.1, 0.15) is 0 Å². The standard InChI is InChI=1S/C16H22N4O/c1-4-6-9-12(3)18-19-16-17-14-11-8-7-10-13(14)15(21)20(16)5-2/h7-8,10-11H,4-6,9H2,1-3H3,(H,17,19)/b18-12-. The van der Waals surface area contributed by atoms with Crippen LogP contribution in [-0.4, -0.2) is 15.3 Å². The van der Waals surface area contributed by atoms with Crippen LogP contribution in [0.25, 0.3) is 10.9 Å². The van der Waals surface area contributed by atoms with Crippen molar-refractivity contribution in [1.82, 2.24) is 9.55 Å². The molecule has 1 heterocycles. The Morgan fingerprint density at radius 2 is 2.10 bits per heavy atom. The molecule has 0 aliphatic carbocycles. The van der Waals surface area contributed by atoms with Crippen molar-refractivity contribution in [3.05, 3.63) is 34.6 Å². The van der Waals surface area contributed by atoms with Crippen LogP contribution in [0.2, 0.25) is 0 Å². The van der Waals surface area contributed by atoms with Crippen LogP contribution in [0.4, 0.5) is 5.95 Å². The molecule has 21 heavy (non-hydrogen) atoms. The summed E-state index contributed by atoms with van der Waals surface area (Å²) in [4.78, 5) is 16.9. The monoisotopic (exact) mass is 286 g/mol. The van der Waals surface area contributed by atoms with Gasteiger partial charge in [-0.25, -0.2) is 10.4 Å². The third kappa shape index (κ3) is 3.48. The van der Waals surface area contributed by atoms with Gasteiger partial charge in [0.15, 0.2) is 0 Å². The molecule has 0 unspecified atom stereocenters. The lowest BCUT2D eigenvalue weighted by Gasteiger charge is -2.11. The van der Waals surface area contributed by atoms with E-state index in [-0.39, 0.29) is 5.56 Å². The van der Waals surface area contributed by atoms with Gasteiger partial charge in [0, 0.05) is 12.3 Å². The molecule has 0 atom stereocenters. The van der Waals surface area contributed by atoms with Crippen molar-refractivity contribution < 1.29 is 0 Å². The smallest absolute Gasteiger partial charge is 0.262 e. The number of hydrogen-bond acceptors (Lipinski definition) is 4. The molecule has 0 aliphatic heterocycles. The van der Waals surface area contributed by atoms with Crippen molar-refractivity contribution in [3.8, 4) is 0 Å². The van der Waals surface area contributed by atoms with Crippen molar-refractivity contribution >= 4 is 22.6 Å². The maximum atomic E-state index is 12.4. The molecule has 5 nitrogen and oxygen atoms in total. The number of benzene rings is 1. The summed E-state index contributed by atoms with van der Waals surface area (Å²) in [6.45, 7) is 6.62. The highest BCUT2D eigenvalue weighted by Gasteiger charge is 2.08. The molecular formula is C16H22N4O. The Morgan fingerprint density at radius 3 is 2.81 bits per heavy atom. The highest BCUT2D eigenvalue weighted by atomic mass is 16.1. The number of fused-ring (bicyclic) bond motifs is 1. The van der Waals surface area contributed by atoms with Crippen LogP contribution < -0.4 is 11.0 Å². The van der Waals surface area contributed by atoms with E-state index in [2.05, 4.69) is 22.4 Å². The summed E-state index contributed by atoms with van der Waals surface area (Å²) in [6.07, 6.45) is 3.21. The van der Waals surface area contributed by atoms with Crippen molar-refractivity contribution in [2.75, 3.05) is 5.43 Å². The predicted octanol–water partition coefficient (Wildman–Crippen LogP) is 3.39. The summed E-state index contributed by atoms with van der Waals surface area (Å²) in [6, 6.07) is 7.38. The number of hydrogen-bond donors (Lipinski definition) is 1. The normalized spacial score (nSPS) is 11.9. The zero-order valence-electron chi connectivity index (χ0n) is 12.9. The number of unbranched alkanes of at least 4 members (excludes halogenated alkanes) is 1. The van der Waals surface area contributed by atoms with Gasteiger partial charge in [-0.3, -0.25) is 9.36 Å². The number of rotatable bonds is 6. The number of hydrazone groups is 1. The number of para-hydroxylation sites is 1. The minimum atomic E-state index is -0.0352. The molecule has 5 heteroatoms. The average Bonchev–Trinajstić information content (AvgIpc) is 2.51. The van der Waals surface area contributed by atoms with Gasteiger partial charge < -0.3 is 0 Å². The molecule has 1 N–H and O–H groups in total. The van der Waals surface area contributed by atoms with Crippen molar-refractivity contribution in [1.29, 1.82) is 0 Å². The second kappa shape index (κ2) is 7.02. The van der Waals surface area contributed by atoms with E-state index in [0.29, 0.717) is 23.4 Å². The second-order valence-corrected chi connectivity index (χ2v) is 5.06. The average molecular weight is 286 g/mol. The molecule has 0 bridgehead atoms. The lowest BCUT2D eigenvalue weighted by molar-refractivity contribution is 0.723. The van der Waals surface area contributed by atoms with Gasteiger partial charge in [-0.1, -0.05) is 25.5 Å². The number of aromatic nitrogens is 2. The maximum Gasteiger partial charge on any atom is 0.262 e. The maximum absolute atomic E-state index is 12.4. The first-order chi connectivity index (χ1) is 10.2. The molecule has 0 spiro atoms. The summed E-state index contributed by atoms with van der Waals surface area (Å²) in [5.41, 5.74) is 4.62. The molecular weight excluding hydrogens is 264 g/mol. The molecule has 0 amide bonds. The SMILES string of the molecule is CCCC/C(C)=N\Nc1nc2ccccc2c(=O)n1CC. The summed E-state index contributed by atoms with van der Waals surface area (Å²) in [5.74, 6) is 0.497. The van der Waals surface area contributed by atoms with E-state index in [4.69, 9.17) is 0 Å². The molecule has 112 valence electrons. The van der Waals surface area contributed by atoms with Crippen LogP contribution in [-0.2, 0) is 6.54 Å². The van der Waals surface area contributed by atoms with E-state index < -0.39 is 0 Å². The number of nitrogens with zero attached hydrogens (tertiary/aromatic N) is 3. The largest absolute Gasteiger partial charge is 0.277 e. The molecule has 2 rings (SSSR count). The van der Waals surface area contributed by atoms with E-state index >= 15 is 0 Å². The van der Waals surface area contributed by atoms with Gasteiger partial charge in [0.2, 0.25) is 5.95 Å². The lowest BCUT2D eigenvalue weighted by Crippen LogP contribution is -2.23. The third-order valence-corrected chi connectivity index (χ3v) is 3.42. The molecule has 2 aromatic rings. The molecule has 0 aliphatic rings. The Labute approximate surface area is 124 Å². The topological polar surface area (TPSA) is 59.3 Å². The van der Waals surface area contributed by atoms with Crippen LogP contribution >= 0.6 is 0 Å². The third-order valence-electron chi connectivity index (χ3n) is 3.42. The van der Waals surface area contributed by atoms with E-state index in [9.17, 15) is 4.79 Å². The summed E-state index contributed by atoms with van der Waals surface area (Å²) in [5, 5.41) is 4.97. The van der Waals surface area contributed by atoms with Crippen LogP contribution in [0.5, 0.6) is 0 Å². The zero-order valence-corrected chi connectivity index (χ0v) is 12.9. The van der Waals surface area contributed by atoms with E-state index in [1.807, 2.05) is 32.0 Å². The fourth-order valence-electron chi connectivity index (χ4n) is 2.18. The van der Waals surface area contributed by atoms with Crippen LogP contribution in [0.3, 0.4) is 0 Å². The van der Waals surface area contributed by atoms with Crippen LogP contribution in [0, 0.1) is 0 Å². The fraction of sp³-hybridized carbons (Fsp3) is 0.438. The Balaban J connectivity index is 2.37. The van der Waals surface area contributed by atoms with Gasteiger partial charge in [0.25, 0.3) is 5.56 Å². The molecule has 0 saturated carbocycles. The van der Waals surface area contributed by atoms with Gasteiger partial charge in [-0.15, -0.1) is 0 Å². The first-order valence-electron chi connectivity index (χ1n) is 7.46. The molecule has 0 fully saturated rings. The Bertz CT molecular complexity index is 703. The Hall–Kier alpha value is -2.17. The highest BCUT2D eigenvalue weighted by Crippen LogP contribution is 2.11. The van der Waals surface area contributed by atoms with Crippen molar-refractivity contribution in [3.63, 3.8) is 0 Å². The molecule has 1 aromatic carbocycles. The second-order valence-electron chi connectivity index (χ2n) is 5.06. The quantitative estimate of drug-likeness (QED) is 0.654. The molecule has 1 aromatic heterocycles. The number of anilines is 1. The molecule has 0 saturated heterocycles.